The molecule has 2 amide bonds. The number of rotatable bonds is 7. The monoisotopic (exact) mass is 423 g/mol. The molecule has 5 nitrogen and oxygen atoms in total. The van der Waals surface area contributed by atoms with Gasteiger partial charge in [-0.15, -0.1) is 11.3 Å². The number of nitrogens with zero attached hydrogens (tertiary/aromatic N) is 1. The largest absolute Gasteiger partial charge is 0.326 e. The first-order valence-electron chi connectivity index (χ1n) is 9.43. The fraction of sp³-hybridized carbons (Fsp3) is 0.227. The van der Waals surface area contributed by atoms with E-state index in [1.54, 1.807) is 29.2 Å². The lowest BCUT2D eigenvalue weighted by molar-refractivity contribution is -0.117. The van der Waals surface area contributed by atoms with Crippen molar-refractivity contribution in [2.75, 3.05) is 10.6 Å². The number of thioether (sulfide) groups is 1. The Morgan fingerprint density at radius 1 is 1.10 bits per heavy atom. The Kier molecular flexibility index (Phi) is 5.97. The van der Waals surface area contributed by atoms with Crippen LogP contribution in [-0.2, 0) is 10.5 Å². The van der Waals surface area contributed by atoms with E-state index in [-0.39, 0.29) is 17.7 Å². The number of amides is 2. The first-order chi connectivity index (χ1) is 14.1. The standard InChI is InChI=1S/C22H21N3O2S2/c1-14-12-28-22(23-14)29-13-15-5-7-16(8-6-15)20(26)24-18-3-2-4-19(11-18)25-21(27)17-9-10-17/h2-8,11-12,17H,9-10,13H2,1H3,(H,24,26)(H,25,27). The summed E-state index contributed by atoms with van der Waals surface area (Å²) in [5, 5.41) is 7.83. The van der Waals surface area contributed by atoms with Crippen LogP contribution >= 0.6 is 23.1 Å². The van der Waals surface area contributed by atoms with E-state index in [2.05, 4.69) is 15.6 Å². The molecule has 1 aliphatic rings. The van der Waals surface area contributed by atoms with Crippen molar-refractivity contribution >= 4 is 46.3 Å². The van der Waals surface area contributed by atoms with Crippen molar-refractivity contribution in [2.24, 2.45) is 5.92 Å². The molecule has 0 aliphatic heterocycles. The van der Waals surface area contributed by atoms with Gasteiger partial charge in [-0.25, -0.2) is 4.98 Å². The van der Waals surface area contributed by atoms with Crippen molar-refractivity contribution in [2.45, 2.75) is 29.9 Å². The third-order valence-electron chi connectivity index (χ3n) is 4.51. The minimum Gasteiger partial charge on any atom is -0.326 e. The molecule has 4 rings (SSSR count). The van der Waals surface area contributed by atoms with Gasteiger partial charge in [0.2, 0.25) is 5.91 Å². The lowest BCUT2D eigenvalue weighted by Crippen LogP contribution is -2.14. The summed E-state index contributed by atoms with van der Waals surface area (Å²) in [6, 6.07) is 14.8. The molecule has 29 heavy (non-hydrogen) atoms. The molecular formula is C22H21N3O2S2. The number of carbonyl (C=O) groups excluding carboxylic acids is 2. The highest BCUT2D eigenvalue weighted by Gasteiger charge is 2.29. The quantitative estimate of drug-likeness (QED) is 0.503. The summed E-state index contributed by atoms with van der Waals surface area (Å²) >= 11 is 3.35. The summed E-state index contributed by atoms with van der Waals surface area (Å²) in [7, 11) is 0. The second kappa shape index (κ2) is 8.80. The van der Waals surface area contributed by atoms with Gasteiger partial charge in [0.15, 0.2) is 0 Å². The predicted molar refractivity (Wildman–Crippen MR) is 119 cm³/mol. The van der Waals surface area contributed by atoms with Crippen molar-refractivity contribution in [1.82, 2.24) is 4.98 Å². The second-order valence-corrected chi connectivity index (χ2v) is 9.12. The molecule has 0 unspecified atom stereocenters. The number of nitrogens with one attached hydrogen (secondary N) is 2. The van der Waals surface area contributed by atoms with Crippen molar-refractivity contribution in [3.05, 3.63) is 70.7 Å². The highest BCUT2D eigenvalue weighted by molar-refractivity contribution is 8.00. The highest BCUT2D eigenvalue weighted by Crippen LogP contribution is 2.30. The Hall–Kier alpha value is -2.64. The van der Waals surface area contributed by atoms with E-state index < -0.39 is 0 Å². The average molecular weight is 424 g/mol. The van der Waals surface area contributed by atoms with Crippen LogP contribution in [-0.4, -0.2) is 16.8 Å². The number of hydrogen-bond donors (Lipinski definition) is 2. The number of aryl methyl sites for hydroxylation is 1. The topological polar surface area (TPSA) is 71.1 Å². The van der Waals surface area contributed by atoms with Crippen LogP contribution in [0.3, 0.4) is 0 Å². The van der Waals surface area contributed by atoms with Gasteiger partial charge in [0.1, 0.15) is 4.34 Å². The molecule has 1 fully saturated rings. The zero-order chi connectivity index (χ0) is 20.2. The molecule has 1 aliphatic carbocycles. The number of hydrogen-bond acceptors (Lipinski definition) is 5. The Morgan fingerprint density at radius 2 is 1.83 bits per heavy atom. The molecule has 0 saturated heterocycles. The smallest absolute Gasteiger partial charge is 0.255 e. The fourth-order valence-corrected chi connectivity index (χ4v) is 4.57. The van der Waals surface area contributed by atoms with Gasteiger partial charge in [-0.3, -0.25) is 9.59 Å². The molecule has 3 aromatic rings. The van der Waals surface area contributed by atoms with Gasteiger partial charge in [-0.1, -0.05) is 30.0 Å². The van der Waals surface area contributed by atoms with Gasteiger partial charge < -0.3 is 10.6 Å². The lowest BCUT2D eigenvalue weighted by atomic mass is 10.1. The van der Waals surface area contributed by atoms with Crippen LogP contribution in [0, 0.1) is 12.8 Å². The molecule has 0 spiro atoms. The Morgan fingerprint density at radius 3 is 2.48 bits per heavy atom. The van der Waals surface area contributed by atoms with Crippen molar-refractivity contribution in [3.63, 3.8) is 0 Å². The number of carbonyl (C=O) groups is 2. The number of aromatic nitrogens is 1. The maximum atomic E-state index is 12.5. The third kappa shape index (κ3) is 5.46. The summed E-state index contributed by atoms with van der Waals surface area (Å²) in [6.07, 6.45) is 1.92. The van der Waals surface area contributed by atoms with Crippen LogP contribution in [0.1, 0.15) is 34.5 Å². The van der Waals surface area contributed by atoms with E-state index in [1.807, 2.05) is 54.8 Å². The first kappa shape index (κ1) is 19.7. The van der Waals surface area contributed by atoms with Crippen molar-refractivity contribution < 1.29 is 9.59 Å². The van der Waals surface area contributed by atoms with Gasteiger partial charge >= 0.3 is 0 Å². The van der Waals surface area contributed by atoms with E-state index >= 15 is 0 Å². The van der Waals surface area contributed by atoms with Crippen LogP contribution in [0.4, 0.5) is 11.4 Å². The lowest BCUT2D eigenvalue weighted by Gasteiger charge is -2.09. The normalized spacial score (nSPS) is 13.1. The average Bonchev–Trinajstić information content (AvgIpc) is 3.49. The number of anilines is 2. The number of thiazole rings is 1. The first-order valence-corrected chi connectivity index (χ1v) is 11.3. The molecule has 1 heterocycles. The summed E-state index contributed by atoms with van der Waals surface area (Å²) in [4.78, 5) is 28.9. The summed E-state index contributed by atoms with van der Waals surface area (Å²) in [6.45, 7) is 1.99. The van der Waals surface area contributed by atoms with Gasteiger partial charge in [-0.05, 0) is 55.7 Å². The van der Waals surface area contributed by atoms with E-state index in [4.69, 9.17) is 0 Å². The maximum Gasteiger partial charge on any atom is 0.255 e. The van der Waals surface area contributed by atoms with Gasteiger partial charge in [0, 0.05) is 39.7 Å². The maximum absolute atomic E-state index is 12.5. The molecule has 1 aromatic heterocycles. The van der Waals surface area contributed by atoms with Crippen LogP contribution in [0.15, 0.2) is 58.3 Å². The molecule has 2 N–H and O–H groups in total. The summed E-state index contributed by atoms with van der Waals surface area (Å²) in [5.41, 5.74) is 4.13. The molecule has 1 saturated carbocycles. The van der Waals surface area contributed by atoms with Crippen LogP contribution in [0.25, 0.3) is 0 Å². The van der Waals surface area contributed by atoms with Gasteiger partial charge in [-0.2, -0.15) is 0 Å². The van der Waals surface area contributed by atoms with Crippen molar-refractivity contribution in [3.8, 4) is 0 Å². The molecule has 0 atom stereocenters. The van der Waals surface area contributed by atoms with Crippen LogP contribution in [0.2, 0.25) is 0 Å². The minimum absolute atomic E-state index is 0.0508. The molecule has 148 valence electrons. The Labute approximate surface area is 178 Å². The predicted octanol–water partition coefficient (Wildman–Crippen LogP) is 5.34. The molecule has 7 heteroatoms. The van der Waals surface area contributed by atoms with E-state index in [1.165, 1.54) is 0 Å². The zero-order valence-corrected chi connectivity index (χ0v) is 17.6. The summed E-state index contributed by atoms with van der Waals surface area (Å²) < 4.78 is 1.05. The van der Waals surface area contributed by atoms with Crippen molar-refractivity contribution in [1.29, 1.82) is 0 Å². The Bertz CT molecular complexity index is 1030. The highest BCUT2D eigenvalue weighted by atomic mass is 32.2. The SMILES string of the molecule is Cc1csc(SCc2ccc(C(=O)Nc3cccc(NC(=O)C4CC4)c3)cc2)n1. The number of benzene rings is 2. The zero-order valence-electron chi connectivity index (χ0n) is 16.0. The van der Waals surface area contributed by atoms with Crippen LogP contribution < -0.4 is 10.6 Å². The van der Waals surface area contributed by atoms with Gasteiger partial charge in [0.25, 0.3) is 5.91 Å². The van der Waals surface area contributed by atoms with E-state index in [0.717, 1.165) is 34.2 Å². The van der Waals surface area contributed by atoms with Gasteiger partial charge in [0.05, 0.1) is 0 Å². The molecule has 0 bridgehead atoms. The molecular weight excluding hydrogens is 402 g/mol. The van der Waals surface area contributed by atoms with E-state index in [9.17, 15) is 9.59 Å². The Balaban J connectivity index is 1.33. The summed E-state index contributed by atoms with van der Waals surface area (Å²) in [5.74, 6) is 0.835. The van der Waals surface area contributed by atoms with E-state index in [0.29, 0.717) is 16.9 Å². The second-order valence-electron chi connectivity index (χ2n) is 7.04. The molecule has 0 radical (unpaired) electrons. The molecule has 2 aromatic carbocycles. The minimum atomic E-state index is -0.176. The van der Waals surface area contributed by atoms with Crippen LogP contribution in [0.5, 0.6) is 0 Å². The fourth-order valence-electron chi connectivity index (χ4n) is 2.76. The third-order valence-corrected chi connectivity index (χ3v) is 6.72.